The van der Waals surface area contributed by atoms with Crippen LogP contribution in [0.15, 0.2) is 35.0 Å². The number of nitrogens with one attached hydrogen (secondary N) is 1. The molecule has 4 rings (SSSR count). The van der Waals surface area contributed by atoms with Crippen LogP contribution in [-0.2, 0) is 4.79 Å². The Morgan fingerprint density at radius 2 is 2.00 bits per heavy atom. The van der Waals surface area contributed by atoms with Gasteiger partial charge in [-0.3, -0.25) is 9.59 Å². The minimum Gasteiger partial charge on any atom is -0.490 e. The molecule has 0 unspecified atom stereocenters. The Hall–Kier alpha value is -2.54. The number of likely N-dealkylation sites (tertiary alicyclic amines) is 1. The summed E-state index contributed by atoms with van der Waals surface area (Å²) in [6.07, 6.45) is 3.91. The number of carbonyl (C=O) groups excluding carboxylic acids is 2. The van der Waals surface area contributed by atoms with E-state index in [1.165, 1.54) is 11.3 Å². The lowest BCUT2D eigenvalue weighted by Crippen LogP contribution is -2.31. The van der Waals surface area contributed by atoms with Crippen molar-refractivity contribution in [3.05, 3.63) is 46.2 Å². The van der Waals surface area contributed by atoms with Crippen LogP contribution in [0.5, 0.6) is 11.5 Å². The Bertz CT molecular complexity index is 853. The summed E-state index contributed by atoms with van der Waals surface area (Å²) in [6.45, 7) is 2.60. The van der Waals surface area contributed by atoms with E-state index in [1.807, 2.05) is 33.9 Å². The number of hydrogen-bond donors (Lipinski definition) is 1. The number of nitrogens with zero attached hydrogens (tertiary/aromatic N) is 1. The molecule has 0 aliphatic carbocycles. The van der Waals surface area contributed by atoms with Crippen molar-refractivity contribution in [2.75, 3.05) is 26.3 Å². The molecular formula is C22H26N2O4S. The smallest absolute Gasteiger partial charge is 0.252 e. The van der Waals surface area contributed by atoms with Gasteiger partial charge in [-0.25, -0.2) is 0 Å². The van der Waals surface area contributed by atoms with Crippen LogP contribution in [0.25, 0.3) is 0 Å². The van der Waals surface area contributed by atoms with Crippen LogP contribution in [0.4, 0.5) is 0 Å². The molecule has 29 heavy (non-hydrogen) atoms. The molecule has 0 spiro atoms. The van der Waals surface area contributed by atoms with Gasteiger partial charge in [-0.2, -0.15) is 11.3 Å². The molecule has 6 nitrogen and oxygen atoms in total. The van der Waals surface area contributed by atoms with Gasteiger partial charge in [0.2, 0.25) is 5.91 Å². The predicted octanol–water partition coefficient (Wildman–Crippen LogP) is 3.78. The lowest BCUT2D eigenvalue weighted by molar-refractivity contribution is -0.132. The number of fused-ring (bicyclic) bond motifs is 1. The minimum atomic E-state index is -0.0788. The molecule has 154 valence electrons. The van der Waals surface area contributed by atoms with E-state index >= 15 is 0 Å². The van der Waals surface area contributed by atoms with E-state index in [4.69, 9.17) is 9.47 Å². The van der Waals surface area contributed by atoms with Gasteiger partial charge in [-0.05, 0) is 48.4 Å². The molecule has 2 aliphatic heterocycles. The lowest BCUT2D eigenvalue weighted by atomic mass is 10.0. The highest BCUT2D eigenvalue weighted by atomic mass is 32.1. The first kappa shape index (κ1) is 19.8. The summed E-state index contributed by atoms with van der Waals surface area (Å²) in [5.41, 5.74) is 1.78. The SMILES string of the molecule is O=C(NCCCC(=O)N1CCC[C@@H]1c1ccc2c(c1)OCCCO2)c1ccsc1. The van der Waals surface area contributed by atoms with Gasteiger partial charge in [0.15, 0.2) is 11.5 Å². The number of amides is 2. The van der Waals surface area contributed by atoms with Gasteiger partial charge in [0.1, 0.15) is 0 Å². The summed E-state index contributed by atoms with van der Waals surface area (Å²) in [4.78, 5) is 26.7. The monoisotopic (exact) mass is 414 g/mol. The van der Waals surface area contributed by atoms with Crippen molar-refractivity contribution in [2.24, 2.45) is 0 Å². The van der Waals surface area contributed by atoms with Gasteiger partial charge in [0.25, 0.3) is 5.91 Å². The van der Waals surface area contributed by atoms with Gasteiger partial charge in [0, 0.05) is 36.9 Å². The molecular weight excluding hydrogens is 388 g/mol. The Labute approximate surface area is 174 Å². The second kappa shape index (κ2) is 9.31. The van der Waals surface area contributed by atoms with Gasteiger partial charge in [0.05, 0.1) is 19.3 Å². The van der Waals surface area contributed by atoms with Crippen molar-refractivity contribution in [1.82, 2.24) is 10.2 Å². The first-order chi connectivity index (χ1) is 14.2. The summed E-state index contributed by atoms with van der Waals surface area (Å²) in [5, 5.41) is 6.59. The highest BCUT2D eigenvalue weighted by Gasteiger charge is 2.30. The van der Waals surface area contributed by atoms with E-state index in [0.717, 1.165) is 42.9 Å². The fourth-order valence-electron chi connectivity index (χ4n) is 3.88. The normalized spacial score (nSPS) is 18.3. The summed E-state index contributed by atoms with van der Waals surface area (Å²) in [6, 6.07) is 7.91. The lowest BCUT2D eigenvalue weighted by Gasteiger charge is -2.26. The second-order valence-corrected chi connectivity index (χ2v) is 8.15. The van der Waals surface area contributed by atoms with E-state index in [0.29, 0.717) is 38.2 Å². The maximum absolute atomic E-state index is 12.8. The first-order valence-electron chi connectivity index (χ1n) is 10.2. The molecule has 0 radical (unpaired) electrons. The minimum absolute atomic E-state index is 0.0788. The number of thiophene rings is 1. The zero-order chi connectivity index (χ0) is 20.1. The third-order valence-corrected chi connectivity index (χ3v) is 6.05. The fraction of sp³-hybridized carbons (Fsp3) is 0.455. The van der Waals surface area contributed by atoms with E-state index < -0.39 is 0 Å². The van der Waals surface area contributed by atoms with Crippen LogP contribution in [0.3, 0.4) is 0 Å². The molecule has 0 bridgehead atoms. The molecule has 2 aromatic rings. The van der Waals surface area contributed by atoms with Crippen LogP contribution in [0, 0.1) is 0 Å². The molecule has 1 atom stereocenters. The average molecular weight is 415 g/mol. The Balaban J connectivity index is 1.31. The number of ether oxygens (including phenoxy) is 2. The highest BCUT2D eigenvalue weighted by molar-refractivity contribution is 7.08. The van der Waals surface area contributed by atoms with Crippen molar-refractivity contribution in [3.8, 4) is 11.5 Å². The van der Waals surface area contributed by atoms with Crippen LogP contribution >= 0.6 is 11.3 Å². The van der Waals surface area contributed by atoms with Crippen LogP contribution in [-0.4, -0.2) is 43.0 Å². The Kier molecular flexibility index (Phi) is 6.34. The van der Waals surface area contributed by atoms with Crippen LogP contribution in [0.1, 0.15) is 54.1 Å². The van der Waals surface area contributed by atoms with Crippen molar-refractivity contribution in [3.63, 3.8) is 0 Å². The van der Waals surface area contributed by atoms with Crippen molar-refractivity contribution < 1.29 is 19.1 Å². The molecule has 1 aromatic heterocycles. The predicted molar refractivity (Wildman–Crippen MR) is 112 cm³/mol. The Morgan fingerprint density at radius 1 is 1.14 bits per heavy atom. The molecule has 2 amide bonds. The maximum Gasteiger partial charge on any atom is 0.252 e. The topological polar surface area (TPSA) is 67.9 Å². The molecule has 2 aliphatic rings. The molecule has 7 heteroatoms. The number of hydrogen-bond acceptors (Lipinski definition) is 5. The standard InChI is InChI=1S/C22H26N2O4S/c25-21(5-1-9-23-22(26)17-8-13-29-15-17)24-10-2-4-18(24)16-6-7-19-20(14-16)28-12-3-11-27-19/h6-8,13-15,18H,1-5,9-12H2,(H,23,26)/t18-/m1/s1. The largest absolute Gasteiger partial charge is 0.490 e. The van der Waals surface area contributed by atoms with E-state index in [9.17, 15) is 9.59 Å². The fourth-order valence-corrected chi connectivity index (χ4v) is 4.52. The molecule has 3 heterocycles. The van der Waals surface area contributed by atoms with E-state index in [2.05, 4.69) is 5.32 Å². The van der Waals surface area contributed by atoms with Crippen molar-refractivity contribution in [1.29, 1.82) is 0 Å². The quantitative estimate of drug-likeness (QED) is 0.731. The number of benzene rings is 1. The summed E-state index contributed by atoms with van der Waals surface area (Å²) in [5.74, 6) is 1.62. The average Bonchev–Trinajstić information content (AvgIpc) is 3.39. The van der Waals surface area contributed by atoms with Gasteiger partial charge in [-0.15, -0.1) is 0 Å². The summed E-state index contributed by atoms with van der Waals surface area (Å²) < 4.78 is 11.5. The second-order valence-electron chi connectivity index (χ2n) is 7.37. The highest BCUT2D eigenvalue weighted by Crippen LogP contribution is 2.38. The summed E-state index contributed by atoms with van der Waals surface area (Å²) in [7, 11) is 0. The van der Waals surface area contributed by atoms with E-state index in [1.54, 1.807) is 6.07 Å². The van der Waals surface area contributed by atoms with Crippen molar-refractivity contribution >= 4 is 23.2 Å². The molecule has 1 saturated heterocycles. The van der Waals surface area contributed by atoms with Crippen LogP contribution < -0.4 is 14.8 Å². The first-order valence-corrected chi connectivity index (χ1v) is 11.2. The molecule has 1 N–H and O–H groups in total. The third-order valence-electron chi connectivity index (χ3n) is 5.37. The number of rotatable bonds is 6. The zero-order valence-electron chi connectivity index (χ0n) is 16.4. The van der Waals surface area contributed by atoms with Crippen molar-refractivity contribution in [2.45, 2.75) is 38.1 Å². The maximum atomic E-state index is 12.8. The van der Waals surface area contributed by atoms with Gasteiger partial charge < -0.3 is 19.7 Å². The zero-order valence-corrected chi connectivity index (χ0v) is 17.2. The number of carbonyl (C=O) groups is 2. The van der Waals surface area contributed by atoms with Gasteiger partial charge in [-0.1, -0.05) is 6.07 Å². The summed E-state index contributed by atoms with van der Waals surface area (Å²) >= 11 is 1.50. The van der Waals surface area contributed by atoms with E-state index in [-0.39, 0.29) is 17.9 Å². The van der Waals surface area contributed by atoms with Crippen LogP contribution in [0.2, 0.25) is 0 Å². The molecule has 1 fully saturated rings. The molecule has 0 saturated carbocycles. The van der Waals surface area contributed by atoms with Gasteiger partial charge >= 0.3 is 0 Å². The Morgan fingerprint density at radius 3 is 2.83 bits per heavy atom. The third kappa shape index (κ3) is 4.72. The molecule has 1 aromatic carbocycles.